The average molecular weight is 263 g/mol. The lowest BCUT2D eigenvalue weighted by Gasteiger charge is -2.50. The molecule has 2 aliphatic rings. The van der Waals surface area contributed by atoms with Gasteiger partial charge in [-0.25, -0.2) is 0 Å². The standard InChI is InChI=1S/C18H33N/c1-4-6-7-10-15-11-8-12-18-17(15)14-13-16(9-5-2)19(18)3/h4,15-18H,1,5-14H2,2-3H3. The summed E-state index contributed by atoms with van der Waals surface area (Å²) in [6.45, 7) is 6.19. The molecule has 19 heavy (non-hydrogen) atoms. The number of unbranched alkanes of at least 4 members (excludes halogenated alkanes) is 1. The molecule has 1 heteroatoms. The molecule has 4 atom stereocenters. The molecule has 0 aromatic rings. The minimum atomic E-state index is 0.873. The zero-order valence-electron chi connectivity index (χ0n) is 13.1. The Kier molecular flexibility index (Phi) is 5.94. The van der Waals surface area contributed by atoms with Crippen molar-refractivity contribution in [3.8, 4) is 0 Å². The van der Waals surface area contributed by atoms with Gasteiger partial charge in [-0.05, 0) is 63.8 Å². The number of hydrogen-bond acceptors (Lipinski definition) is 1. The van der Waals surface area contributed by atoms with Crippen LogP contribution in [0.25, 0.3) is 0 Å². The van der Waals surface area contributed by atoms with E-state index in [0.717, 1.165) is 23.9 Å². The molecular weight excluding hydrogens is 230 g/mol. The molecule has 0 N–H and O–H groups in total. The van der Waals surface area contributed by atoms with Crippen LogP contribution in [0.1, 0.15) is 71.1 Å². The Morgan fingerprint density at radius 1 is 1.16 bits per heavy atom. The second kappa shape index (κ2) is 7.47. The van der Waals surface area contributed by atoms with Gasteiger partial charge >= 0.3 is 0 Å². The van der Waals surface area contributed by atoms with Crippen LogP contribution in [0.2, 0.25) is 0 Å². The van der Waals surface area contributed by atoms with Crippen molar-refractivity contribution < 1.29 is 0 Å². The summed E-state index contributed by atoms with van der Waals surface area (Å²) >= 11 is 0. The van der Waals surface area contributed by atoms with Crippen LogP contribution in [0.5, 0.6) is 0 Å². The minimum absolute atomic E-state index is 0.873. The number of allylic oxidation sites excluding steroid dienone is 1. The Labute approximate surface area is 120 Å². The quantitative estimate of drug-likeness (QED) is 0.480. The molecule has 0 radical (unpaired) electrons. The molecule has 110 valence electrons. The summed E-state index contributed by atoms with van der Waals surface area (Å²) in [5, 5.41) is 0. The van der Waals surface area contributed by atoms with Crippen molar-refractivity contribution in [2.45, 2.75) is 83.2 Å². The average Bonchev–Trinajstić information content (AvgIpc) is 2.43. The van der Waals surface area contributed by atoms with E-state index in [4.69, 9.17) is 0 Å². The van der Waals surface area contributed by atoms with Gasteiger partial charge in [-0.1, -0.05) is 32.3 Å². The molecule has 0 amide bonds. The summed E-state index contributed by atoms with van der Waals surface area (Å²) < 4.78 is 0. The summed E-state index contributed by atoms with van der Waals surface area (Å²) in [6, 6.07) is 1.77. The van der Waals surface area contributed by atoms with E-state index in [1.165, 1.54) is 64.2 Å². The van der Waals surface area contributed by atoms with Gasteiger partial charge in [-0.15, -0.1) is 6.58 Å². The highest BCUT2D eigenvalue weighted by Crippen LogP contribution is 2.43. The maximum absolute atomic E-state index is 3.86. The van der Waals surface area contributed by atoms with Crippen molar-refractivity contribution in [1.29, 1.82) is 0 Å². The van der Waals surface area contributed by atoms with Crippen LogP contribution in [-0.4, -0.2) is 24.0 Å². The van der Waals surface area contributed by atoms with E-state index < -0.39 is 0 Å². The molecular formula is C18H33N. The SMILES string of the molecule is C=CCCCC1CCCC2C1CCC(CCC)N2C. The monoisotopic (exact) mass is 263 g/mol. The molecule has 2 fully saturated rings. The second-order valence-corrected chi connectivity index (χ2v) is 6.83. The van der Waals surface area contributed by atoms with E-state index >= 15 is 0 Å². The van der Waals surface area contributed by atoms with Crippen LogP contribution < -0.4 is 0 Å². The summed E-state index contributed by atoms with van der Waals surface area (Å²) in [5.41, 5.74) is 0. The first-order chi connectivity index (χ1) is 9.27. The predicted octanol–water partition coefficient (Wildman–Crippen LogP) is 5.02. The lowest BCUT2D eigenvalue weighted by Crippen LogP contribution is -2.52. The van der Waals surface area contributed by atoms with Gasteiger partial charge in [-0.2, -0.15) is 0 Å². The molecule has 1 heterocycles. The third-order valence-electron chi connectivity index (χ3n) is 5.71. The molecule has 1 nitrogen and oxygen atoms in total. The van der Waals surface area contributed by atoms with Crippen molar-refractivity contribution in [1.82, 2.24) is 4.90 Å². The van der Waals surface area contributed by atoms with Crippen LogP contribution in [0.3, 0.4) is 0 Å². The Morgan fingerprint density at radius 3 is 2.74 bits per heavy atom. The Morgan fingerprint density at radius 2 is 2.00 bits per heavy atom. The number of hydrogen-bond donors (Lipinski definition) is 0. The topological polar surface area (TPSA) is 3.24 Å². The molecule has 0 aromatic carbocycles. The maximum atomic E-state index is 3.86. The van der Waals surface area contributed by atoms with E-state index in [2.05, 4.69) is 31.5 Å². The number of nitrogens with zero attached hydrogens (tertiary/aromatic N) is 1. The van der Waals surface area contributed by atoms with Crippen LogP contribution in [0.4, 0.5) is 0 Å². The van der Waals surface area contributed by atoms with Gasteiger partial charge in [-0.3, -0.25) is 0 Å². The lowest BCUT2D eigenvalue weighted by atomic mass is 9.68. The Balaban J connectivity index is 1.92. The first-order valence-corrected chi connectivity index (χ1v) is 8.60. The molecule has 0 aromatic heterocycles. The zero-order chi connectivity index (χ0) is 13.7. The van der Waals surface area contributed by atoms with Crippen molar-refractivity contribution in [3.63, 3.8) is 0 Å². The van der Waals surface area contributed by atoms with Crippen LogP contribution in [0.15, 0.2) is 12.7 Å². The van der Waals surface area contributed by atoms with E-state index in [-0.39, 0.29) is 0 Å². The van der Waals surface area contributed by atoms with Gasteiger partial charge < -0.3 is 4.90 Å². The predicted molar refractivity (Wildman–Crippen MR) is 84.4 cm³/mol. The smallest absolute Gasteiger partial charge is 0.0126 e. The molecule has 1 saturated heterocycles. The molecule has 1 aliphatic heterocycles. The van der Waals surface area contributed by atoms with Crippen LogP contribution >= 0.6 is 0 Å². The molecule has 0 bridgehead atoms. The van der Waals surface area contributed by atoms with Gasteiger partial charge in [0, 0.05) is 12.1 Å². The highest BCUT2D eigenvalue weighted by atomic mass is 15.2. The van der Waals surface area contributed by atoms with Crippen molar-refractivity contribution in [2.24, 2.45) is 11.8 Å². The summed E-state index contributed by atoms with van der Waals surface area (Å²) in [6.07, 6.45) is 16.2. The summed E-state index contributed by atoms with van der Waals surface area (Å²) in [7, 11) is 2.41. The summed E-state index contributed by atoms with van der Waals surface area (Å²) in [5.74, 6) is 2.00. The van der Waals surface area contributed by atoms with Gasteiger partial charge in [0.05, 0.1) is 0 Å². The maximum Gasteiger partial charge on any atom is 0.0126 e. The second-order valence-electron chi connectivity index (χ2n) is 6.83. The Hall–Kier alpha value is -0.300. The summed E-state index contributed by atoms with van der Waals surface area (Å²) in [4.78, 5) is 2.76. The minimum Gasteiger partial charge on any atom is -0.300 e. The van der Waals surface area contributed by atoms with Crippen molar-refractivity contribution in [3.05, 3.63) is 12.7 Å². The van der Waals surface area contributed by atoms with Crippen LogP contribution in [-0.2, 0) is 0 Å². The molecule has 1 saturated carbocycles. The highest BCUT2D eigenvalue weighted by Gasteiger charge is 2.40. The van der Waals surface area contributed by atoms with Crippen molar-refractivity contribution >= 4 is 0 Å². The zero-order valence-corrected chi connectivity index (χ0v) is 13.1. The fourth-order valence-electron chi connectivity index (χ4n) is 4.69. The first kappa shape index (κ1) is 15.1. The fraction of sp³-hybridized carbons (Fsp3) is 0.889. The number of piperidine rings is 1. The molecule has 0 spiro atoms. The Bertz CT molecular complexity index is 273. The van der Waals surface area contributed by atoms with Crippen LogP contribution in [0, 0.1) is 11.8 Å². The first-order valence-electron chi connectivity index (χ1n) is 8.60. The molecule has 1 aliphatic carbocycles. The van der Waals surface area contributed by atoms with E-state index in [1.807, 2.05) is 0 Å². The molecule has 2 rings (SSSR count). The van der Waals surface area contributed by atoms with Gasteiger partial charge in [0.2, 0.25) is 0 Å². The highest BCUT2D eigenvalue weighted by molar-refractivity contribution is 4.94. The van der Waals surface area contributed by atoms with E-state index in [1.54, 1.807) is 0 Å². The van der Waals surface area contributed by atoms with Gasteiger partial charge in [0.25, 0.3) is 0 Å². The lowest BCUT2D eigenvalue weighted by molar-refractivity contribution is 0.000411. The van der Waals surface area contributed by atoms with E-state index in [9.17, 15) is 0 Å². The van der Waals surface area contributed by atoms with Crippen molar-refractivity contribution in [2.75, 3.05) is 7.05 Å². The fourth-order valence-corrected chi connectivity index (χ4v) is 4.69. The van der Waals surface area contributed by atoms with E-state index in [0.29, 0.717) is 0 Å². The largest absolute Gasteiger partial charge is 0.300 e. The third kappa shape index (κ3) is 3.62. The van der Waals surface area contributed by atoms with Gasteiger partial charge in [0.1, 0.15) is 0 Å². The third-order valence-corrected chi connectivity index (χ3v) is 5.71. The normalized spacial score (nSPS) is 35.9. The molecule has 4 unspecified atom stereocenters. The number of rotatable bonds is 6. The number of likely N-dealkylation sites (tertiary alicyclic amines) is 1. The van der Waals surface area contributed by atoms with Gasteiger partial charge in [0.15, 0.2) is 0 Å². The number of fused-ring (bicyclic) bond motifs is 1.